The average molecular weight is 401 g/mol. The largest absolute Gasteiger partial charge is 0.497 e. The molecule has 29 heavy (non-hydrogen) atoms. The monoisotopic (exact) mass is 400 g/mol. The Labute approximate surface area is 172 Å². The third-order valence-electron chi connectivity index (χ3n) is 5.19. The van der Waals surface area contributed by atoms with Crippen LogP contribution >= 0.6 is 11.3 Å². The molecule has 6 heteroatoms. The van der Waals surface area contributed by atoms with Gasteiger partial charge < -0.3 is 4.74 Å². The van der Waals surface area contributed by atoms with Crippen LogP contribution in [0.15, 0.2) is 54.6 Å². The summed E-state index contributed by atoms with van der Waals surface area (Å²) in [6.45, 7) is 4.27. The minimum Gasteiger partial charge on any atom is -0.497 e. The molecule has 0 aliphatic rings. The molecule has 5 rings (SSSR count). The third-order valence-corrected chi connectivity index (χ3v) is 6.25. The molecule has 0 fully saturated rings. The Morgan fingerprint density at radius 2 is 1.90 bits per heavy atom. The Morgan fingerprint density at radius 1 is 1.00 bits per heavy atom. The van der Waals surface area contributed by atoms with Gasteiger partial charge in [-0.3, -0.25) is 0 Å². The van der Waals surface area contributed by atoms with Crippen molar-refractivity contribution >= 4 is 32.6 Å². The molecule has 0 amide bonds. The molecule has 0 saturated carbocycles. The first-order valence-corrected chi connectivity index (χ1v) is 10.4. The molecule has 144 valence electrons. The standard InChI is InChI=1S/C23H20N4OS/c1-4-15-5-8-18-22(12-15)29-23(24-18)16-6-9-20(14(2)11-16)27-21-10-7-17(28-3)13-19(21)25-26-27/h5-13H,4H2,1-3H3. The minimum absolute atomic E-state index is 0.777. The first-order valence-electron chi connectivity index (χ1n) is 9.56. The summed E-state index contributed by atoms with van der Waals surface area (Å²) in [4.78, 5) is 4.83. The lowest BCUT2D eigenvalue weighted by Crippen LogP contribution is -1.99. The van der Waals surface area contributed by atoms with Crippen LogP contribution in [0.2, 0.25) is 0 Å². The van der Waals surface area contributed by atoms with Crippen LogP contribution in [0.4, 0.5) is 0 Å². The van der Waals surface area contributed by atoms with E-state index in [1.807, 2.05) is 22.9 Å². The van der Waals surface area contributed by atoms with Gasteiger partial charge in [0.15, 0.2) is 0 Å². The van der Waals surface area contributed by atoms with E-state index in [2.05, 4.69) is 60.6 Å². The Bertz CT molecular complexity index is 1350. The van der Waals surface area contributed by atoms with Crippen LogP contribution in [-0.2, 0) is 6.42 Å². The van der Waals surface area contributed by atoms with E-state index in [-0.39, 0.29) is 0 Å². The summed E-state index contributed by atoms with van der Waals surface area (Å²) in [6, 6.07) is 18.7. The van der Waals surface area contributed by atoms with Gasteiger partial charge in [-0.25, -0.2) is 9.67 Å². The molecule has 0 aliphatic heterocycles. The maximum Gasteiger partial charge on any atom is 0.124 e. The third kappa shape index (κ3) is 3.06. The second-order valence-corrected chi connectivity index (χ2v) is 8.06. The van der Waals surface area contributed by atoms with Gasteiger partial charge in [-0.2, -0.15) is 0 Å². The number of benzene rings is 3. The van der Waals surface area contributed by atoms with Crippen LogP contribution in [0.5, 0.6) is 5.75 Å². The van der Waals surface area contributed by atoms with Crippen molar-refractivity contribution in [3.63, 3.8) is 0 Å². The highest BCUT2D eigenvalue weighted by molar-refractivity contribution is 7.21. The highest BCUT2D eigenvalue weighted by Gasteiger charge is 2.12. The van der Waals surface area contributed by atoms with Crippen LogP contribution < -0.4 is 4.74 Å². The van der Waals surface area contributed by atoms with E-state index < -0.39 is 0 Å². The normalized spacial score (nSPS) is 11.4. The molecule has 0 N–H and O–H groups in total. The van der Waals surface area contributed by atoms with Gasteiger partial charge in [-0.05, 0) is 66.9 Å². The lowest BCUT2D eigenvalue weighted by atomic mass is 10.1. The van der Waals surface area contributed by atoms with Crippen molar-refractivity contribution in [2.75, 3.05) is 7.11 Å². The highest BCUT2D eigenvalue weighted by Crippen LogP contribution is 2.33. The number of thiazole rings is 1. The van der Waals surface area contributed by atoms with E-state index in [9.17, 15) is 0 Å². The molecule has 3 aromatic carbocycles. The predicted octanol–water partition coefficient (Wildman–Crippen LogP) is 5.58. The van der Waals surface area contributed by atoms with Gasteiger partial charge in [0, 0.05) is 11.6 Å². The molecule has 0 bridgehead atoms. The Hall–Kier alpha value is -3.25. The molecule has 0 spiro atoms. The van der Waals surface area contributed by atoms with Crippen molar-refractivity contribution in [3.05, 3.63) is 65.7 Å². The summed E-state index contributed by atoms with van der Waals surface area (Å²) in [5.74, 6) is 0.777. The number of hydrogen-bond acceptors (Lipinski definition) is 5. The molecule has 5 nitrogen and oxygen atoms in total. The molecule has 2 heterocycles. The number of ether oxygens (including phenoxy) is 1. The van der Waals surface area contributed by atoms with Crippen molar-refractivity contribution < 1.29 is 4.74 Å². The van der Waals surface area contributed by atoms with Gasteiger partial charge in [-0.1, -0.05) is 18.2 Å². The maximum atomic E-state index is 5.28. The number of rotatable bonds is 4. The summed E-state index contributed by atoms with van der Waals surface area (Å²) in [7, 11) is 1.65. The second-order valence-electron chi connectivity index (χ2n) is 7.03. The Kier molecular flexibility index (Phi) is 4.28. The fourth-order valence-electron chi connectivity index (χ4n) is 3.55. The zero-order valence-electron chi connectivity index (χ0n) is 16.5. The fraction of sp³-hybridized carbons (Fsp3) is 0.174. The number of nitrogens with zero attached hydrogens (tertiary/aromatic N) is 4. The quantitative estimate of drug-likeness (QED) is 0.395. The molecule has 5 aromatic rings. The Morgan fingerprint density at radius 3 is 2.69 bits per heavy atom. The number of fused-ring (bicyclic) bond motifs is 2. The smallest absolute Gasteiger partial charge is 0.124 e. The number of hydrogen-bond donors (Lipinski definition) is 0. The van der Waals surface area contributed by atoms with Crippen molar-refractivity contribution in [2.24, 2.45) is 0 Å². The van der Waals surface area contributed by atoms with Gasteiger partial charge in [-0.15, -0.1) is 16.4 Å². The van der Waals surface area contributed by atoms with Crippen LogP contribution in [0.1, 0.15) is 18.1 Å². The highest BCUT2D eigenvalue weighted by atomic mass is 32.1. The molecule has 2 aromatic heterocycles. The zero-order valence-corrected chi connectivity index (χ0v) is 17.3. The van der Waals surface area contributed by atoms with Crippen LogP contribution in [0.25, 0.3) is 37.5 Å². The minimum atomic E-state index is 0.777. The molecule has 0 saturated heterocycles. The molecular weight excluding hydrogens is 380 g/mol. The summed E-state index contributed by atoms with van der Waals surface area (Å²) in [5, 5.41) is 9.69. The molecule has 0 unspecified atom stereocenters. The van der Waals surface area contributed by atoms with Crippen molar-refractivity contribution in [1.29, 1.82) is 0 Å². The summed E-state index contributed by atoms with van der Waals surface area (Å²) in [6.07, 6.45) is 1.04. The van der Waals surface area contributed by atoms with E-state index in [0.717, 1.165) is 50.5 Å². The molecular formula is C23H20N4OS. The van der Waals surface area contributed by atoms with Crippen LogP contribution in [-0.4, -0.2) is 27.1 Å². The molecule has 0 radical (unpaired) electrons. The van der Waals surface area contributed by atoms with Crippen molar-refractivity contribution in [1.82, 2.24) is 20.0 Å². The first kappa shape index (κ1) is 17.8. The van der Waals surface area contributed by atoms with Gasteiger partial charge in [0.2, 0.25) is 0 Å². The summed E-state index contributed by atoms with van der Waals surface area (Å²) >= 11 is 1.74. The number of aryl methyl sites for hydroxylation is 2. The summed E-state index contributed by atoms with van der Waals surface area (Å²) < 4.78 is 8.39. The van der Waals surface area contributed by atoms with Crippen molar-refractivity contribution in [2.45, 2.75) is 20.3 Å². The molecule has 0 atom stereocenters. The van der Waals surface area contributed by atoms with E-state index in [1.165, 1.54) is 10.3 Å². The fourth-order valence-corrected chi connectivity index (χ4v) is 4.57. The van der Waals surface area contributed by atoms with E-state index in [0.29, 0.717) is 0 Å². The van der Waals surface area contributed by atoms with Crippen LogP contribution in [0.3, 0.4) is 0 Å². The molecule has 0 aliphatic carbocycles. The van der Waals surface area contributed by atoms with E-state index >= 15 is 0 Å². The summed E-state index contributed by atoms with van der Waals surface area (Å²) in [5.41, 5.74) is 7.42. The number of methoxy groups -OCH3 is 1. The lowest BCUT2D eigenvalue weighted by molar-refractivity contribution is 0.415. The van der Waals surface area contributed by atoms with Gasteiger partial charge >= 0.3 is 0 Å². The van der Waals surface area contributed by atoms with Crippen molar-refractivity contribution in [3.8, 4) is 22.0 Å². The lowest BCUT2D eigenvalue weighted by Gasteiger charge is -2.08. The maximum absolute atomic E-state index is 5.28. The SMILES string of the molecule is CCc1ccc2nc(-c3ccc(-n4nnc5cc(OC)ccc54)c(C)c3)sc2c1. The second kappa shape index (κ2) is 6.97. The van der Waals surface area contributed by atoms with Crippen LogP contribution in [0, 0.1) is 6.92 Å². The van der Waals surface area contributed by atoms with E-state index in [4.69, 9.17) is 9.72 Å². The zero-order chi connectivity index (χ0) is 20.0. The van der Waals surface area contributed by atoms with Gasteiger partial charge in [0.1, 0.15) is 16.3 Å². The van der Waals surface area contributed by atoms with Gasteiger partial charge in [0.25, 0.3) is 0 Å². The predicted molar refractivity (Wildman–Crippen MR) is 118 cm³/mol. The average Bonchev–Trinajstić information content (AvgIpc) is 3.36. The van der Waals surface area contributed by atoms with Gasteiger partial charge in [0.05, 0.1) is 28.5 Å². The number of aromatic nitrogens is 4. The Balaban J connectivity index is 1.56. The first-order chi connectivity index (χ1) is 14.2. The van der Waals surface area contributed by atoms with E-state index in [1.54, 1.807) is 18.4 Å². The topological polar surface area (TPSA) is 52.8 Å².